The van der Waals surface area contributed by atoms with Gasteiger partial charge in [-0.15, -0.1) is 0 Å². The van der Waals surface area contributed by atoms with E-state index in [0.717, 1.165) is 5.56 Å². The predicted molar refractivity (Wildman–Crippen MR) is 79.8 cm³/mol. The Labute approximate surface area is 122 Å². The highest BCUT2D eigenvalue weighted by Crippen LogP contribution is 2.31. The molecule has 0 aliphatic carbocycles. The van der Waals surface area contributed by atoms with E-state index in [1.54, 1.807) is 36.4 Å². The second-order valence-electron chi connectivity index (χ2n) is 4.60. The summed E-state index contributed by atoms with van der Waals surface area (Å²) in [6.45, 7) is 1.93. The van der Waals surface area contributed by atoms with Crippen LogP contribution < -0.4 is 10.1 Å². The van der Waals surface area contributed by atoms with E-state index >= 15 is 0 Å². The van der Waals surface area contributed by atoms with Gasteiger partial charge in [0.2, 0.25) is 0 Å². The van der Waals surface area contributed by atoms with Crippen LogP contribution in [0.2, 0.25) is 0 Å². The lowest BCUT2D eigenvalue weighted by molar-refractivity contribution is -0.385. The summed E-state index contributed by atoms with van der Waals surface area (Å²) >= 11 is 0. The number of benzene rings is 2. The Morgan fingerprint density at radius 1 is 1.24 bits per heavy atom. The van der Waals surface area contributed by atoms with Crippen molar-refractivity contribution in [3.8, 4) is 11.5 Å². The second-order valence-corrected chi connectivity index (χ2v) is 4.60. The molecule has 0 aliphatic heterocycles. The fourth-order valence-electron chi connectivity index (χ4n) is 2.02. The Morgan fingerprint density at radius 2 is 1.90 bits per heavy atom. The molecule has 1 atom stereocenters. The van der Waals surface area contributed by atoms with Crippen molar-refractivity contribution in [2.75, 3.05) is 12.4 Å². The second kappa shape index (κ2) is 6.13. The maximum atomic E-state index is 11.0. The molecule has 2 aromatic rings. The monoisotopic (exact) mass is 288 g/mol. The van der Waals surface area contributed by atoms with Gasteiger partial charge in [-0.05, 0) is 36.8 Å². The molecule has 0 amide bonds. The lowest BCUT2D eigenvalue weighted by Gasteiger charge is -2.16. The summed E-state index contributed by atoms with van der Waals surface area (Å²) in [5.41, 5.74) is 1.51. The number of nitrogens with zero attached hydrogens (tertiary/aromatic N) is 1. The lowest BCUT2D eigenvalue weighted by atomic mass is 10.1. The molecule has 1 unspecified atom stereocenters. The Kier molecular flexibility index (Phi) is 4.27. The molecule has 0 saturated heterocycles. The third-order valence-corrected chi connectivity index (χ3v) is 3.15. The average Bonchev–Trinajstić information content (AvgIpc) is 2.47. The number of ether oxygens (including phenoxy) is 1. The number of rotatable bonds is 5. The first-order valence-electron chi connectivity index (χ1n) is 6.39. The number of aromatic hydroxyl groups is 1. The van der Waals surface area contributed by atoms with E-state index < -0.39 is 4.92 Å². The van der Waals surface area contributed by atoms with Crippen molar-refractivity contribution in [1.29, 1.82) is 0 Å². The van der Waals surface area contributed by atoms with Crippen LogP contribution in [0.3, 0.4) is 0 Å². The van der Waals surface area contributed by atoms with Gasteiger partial charge in [0.15, 0.2) is 5.75 Å². The number of hydrogen-bond acceptors (Lipinski definition) is 5. The molecule has 0 fully saturated rings. The zero-order valence-electron chi connectivity index (χ0n) is 11.7. The number of phenols is 1. The van der Waals surface area contributed by atoms with Crippen molar-refractivity contribution < 1.29 is 14.8 Å². The van der Waals surface area contributed by atoms with E-state index in [4.69, 9.17) is 4.74 Å². The molecule has 0 saturated carbocycles. The van der Waals surface area contributed by atoms with Crippen LogP contribution in [0, 0.1) is 10.1 Å². The highest BCUT2D eigenvalue weighted by atomic mass is 16.6. The van der Waals surface area contributed by atoms with Crippen molar-refractivity contribution in [1.82, 2.24) is 0 Å². The van der Waals surface area contributed by atoms with Crippen LogP contribution in [0.5, 0.6) is 11.5 Å². The molecular formula is C15H16N2O4. The first-order chi connectivity index (χ1) is 10.0. The number of methoxy groups -OCH3 is 1. The van der Waals surface area contributed by atoms with Crippen molar-refractivity contribution >= 4 is 11.4 Å². The Bertz CT molecular complexity index is 641. The van der Waals surface area contributed by atoms with Gasteiger partial charge in [0.25, 0.3) is 0 Å². The fraction of sp³-hybridized carbons (Fsp3) is 0.200. The molecule has 21 heavy (non-hydrogen) atoms. The minimum absolute atomic E-state index is 0.0569. The van der Waals surface area contributed by atoms with Crippen LogP contribution >= 0.6 is 0 Å². The largest absolute Gasteiger partial charge is 0.508 e. The van der Waals surface area contributed by atoms with E-state index in [1.807, 2.05) is 6.92 Å². The lowest BCUT2D eigenvalue weighted by Crippen LogP contribution is -2.07. The van der Waals surface area contributed by atoms with Crippen LogP contribution in [0.4, 0.5) is 11.4 Å². The standard InChI is InChI=1S/C15H16N2O4/c1-10(11-3-6-13(18)7-4-11)16-12-5-8-15(21-2)14(9-12)17(19)20/h3-10,16,18H,1-2H3. The van der Waals surface area contributed by atoms with Gasteiger partial charge in [-0.25, -0.2) is 0 Å². The van der Waals surface area contributed by atoms with E-state index in [-0.39, 0.29) is 23.2 Å². The Morgan fingerprint density at radius 3 is 2.48 bits per heavy atom. The van der Waals surface area contributed by atoms with Crippen LogP contribution in [0.1, 0.15) is 18.5 Å². The van der Waals surface area contributed by atoms with Crippen molar-refractivity contribution in [3.63, 3.8) is 0 Å². The van der Waals surface area contributed by atoms with Crippen molar-refractivity contribution in [2.45, 2.75) is 13.0 Å². The third kappa shape index (κ3) is 3.42. The highest BCUT2D eigenvalue weighted by Gasteiger charge is 2.16. The minimum atomic E-state index is -0.477. The van der Waals surface area contributed by atoms with Gasteiger partial charge in [-0.3, -0.25) is 10.1 Å². The molecular weight excluding hydrogens is 272 g/mol. The van der Waals surface area contributed by atoms with Crippen LogP contribution in [0.15, 0.2) is 42.5 Å². The normalized spacial score (nSPS) is 11.7. The Balaban J connectivity index is 2.21. The summed E-state index contributed by atoms with van der Waals surface area (Å²) in [7, 11) is 1.40. The summed E-state index contributed by atoms with van der Waals surface area (Å²) in [6, 6.07) is 11.5. The number of nitro groups is 1. The van der Waals surface area contributed by atoms with Crippen LogP contribution in [0.25, 0.3) is 0 Å². The van der Waals surface area contributed by atoms with Crippen molar-refractivity contribution in [2.24, 2.45) is 0 Å². The summed E-state index contributed by atoms with van der Waals surface area (Å²) in [4.78, 5) is 10.5. The summed E-state index contributed by atoms with van der Waals surface area (Å²) in [6.07, 6.45) is 0. The van der Waals surface area contributed by atoms with E-state index in [1.165, 1.54) is 13.2 Å². The van der Waals surface area contributed by atoms with E-state index in [0.29, 0.717) is 5.69 Å². The van der Waals surface area contributed by atoms with E-state index in [9.17, 15) is 15.2 Å². The summed E-state index contributed by atoms with van der Waals surface area (Å²) in [5, 5.41) is 23.5. The van der Waals surface area contributed by atoms with Gasteiger partial charge in [0.1, 0.15) is 5.75 Å². The van der Waals surface area contributed by atoms with Gasteiger partial charge in [-0.1, -0.05) is 12.1 Å². The predicted octanol–water partition coefficient (Wildman–Crippen LogP) is 3.48. The number of hydrogen-bond donors (Lipinski definition) is 2. The molecule has 2 N–H and O–H groups in total. The number of anilines is 1. The number of phenolic OH excluding ortho intramolecular Hbond substituents is 1. The molecule has 0 aromatic heterocycles. The Hall–Kier alpha value is -2.76. The molecule has 2 rings (SSSR count). The molecule has 6 nitrogen and oxygen atoms in total. The third-order valence-electron chi connectivity index (χ3n) is 3.15. The minimum Gasteiger partial charge on any atom is -0.508 e. The maximum Gasteiger partial charge on any atom is 0.312 e. The first-order valence-corrected chi connectivity index (χ1v) is 6.39. The number of nitro benzene ring substituents is 1. The van der Waals surface area contributed by atoms with E-state index in [2.05, 4.69) is 5.32 Å². The van der Waals surface area contributed by atoms with Gasteiger partial charge < -0.3 is 15.2 Å². The maximum absolute atomic E-state index is 11.0. The van der Waals surface area contributed by atoms with Crippen LogP contribution in [-0.4, -0.2) is 17.1 Å². The first kappa shape index (κ1) is 14.6. The zero-order chi connectivity index (χ0) is 15.4. The fourth-order valence-corrected chi connectivity index (χ4v) is 2.02. The SMILES string of the molecule is COc1ccc(NC(C)c2ccc(O)cc2)cc1[N+](=O)[O-]. The molecule has 0 spiro atoms. The van der Waals surface area contributed by atoms with Gasteiger partial charge in [0.05, 0.1) is 12.0 Å². The molecule has 6 heteroatoms. The van der Waals surface area contributed by atoms with Gasteiger partial charge in [0, 0.05) is 17.8 Å². The highest BCUT2D eigenvalue weighted by molar-refractivity contribution is 5.59. The average molecular weight is 288 g/mol. The smallest absolute Gasteiger partial charge is 0.312 e. The van der Waals surface area contributed by atoms with Crippen molar-refractivity contribution in [3.05, 3.63) is 58.1 Å². The summed E-state index contributed by atoms with van der Waals surface area (Å²) in [5.74, 6) is 0.425. The topological polar surface area (TPSA) is 84.6 Å². The molecule has 2 aromatic carbocycles. The molecule has 0 bridgehead atoms. The van der Waals surface area contributed by atoms with Gasteiger partial charge >= 0.3 is 5.69 Å². The number of nitrogens with one attached hydrogen (secondary N) is 1. The molecule has 110 valence electrons. The molecule has 0 radical (unpaired) electrons. The van der Waals surface area contributed by atoms with Crippen LogP contribution in [-0.2, 0) is 0 Å². The zero-order valence-corrected chi connectivity index (χ0v) is 11.7. The molecule has 0 heterocycles. The summed E-state index contributed by atoms with van der Waals surface area (Å²) < 4.78 is 4.97. The van der Waals surface area contributed by atoms with Gasteiger partial charge in [-0.2, -0.15) is 0 Å². The molecule has 0 aliphatic rings. The quantitative estimate of drug-likeness (QED) is 0.650.